The molecule has 0 aliphatic rings. The molecule has 3 rings (SSSR count). The van der Waals surface area contributed by atoms with Crippen molar-refractivity contribution in [3.63, 3.8) is 0 Å². The molecule has 0 fully saturated rings. The van der Waals surface area contributed by atoms with E-state index in [1.54, 1.807) is 0 Å². The number of hydrogen-bond acceptors (Lipinski definition) is 5. The number of amides is 1. The topological polar surface area (TPSA) is 68.0 Å². The summed E-state index contributed by atoms with van der Waals surface area (Å²) < 4.78 is 5.15. The third-order valence-electron chi connectivity index (χ3n) is 3.64. The normalized spacial score (nSPS) is 10.8. The van der Waals surface area contributed by atoms with Crippen molar-refractivity contribution in [1.82, 2.24) is 10.1 Å². The summed E-state index contributed by atoms with van der Waals surface area (Å²) >= 11 is 1.54. The Bertz CT molecular complexity index is 875. The number of aromatic nitrogens is 2. The second kappa shape index (κ2) is 6.57. The molecule has 0 radical (unpaired) electrons. The van der Waals surface area contributed by atoms with Crippen molar-refractivity contribution in [1.29, 1.82) is 0 Å². The van der Waals surface area contributed by atoms with Gasteiger partial charge in [0.2, 0.25) is 11.7 Å². The number of anilines is 1. The fraction of sp³-hybridized carbons (Fsp3) is 0.278. The minimum absolute atomic E-state index is 0.114. The summed E-state index contributed by atoms with van der Waals surface area (Å²) in [6.45, 7) is 7.90. The van der Waals surface area contributed by atoms with Gasteiger partial charge >= 0.3 is 0 Å². The van der Waals surface area contributed by atoms with Crippen LogP contribution in [-0.2, 0) is 6.42 Å². The minimum Gasteiger partial charge on any atom is -0.339 e. The van der Waals surface area contributed by atoms with Gasteiger partial charge in [-0.2, -0.15) is 4.98 Å². The second-order valence-electron chi connectivity index (χ2n) is 5.78. The standard InChI is InChI=1S/C18H19N3O2S/c1-5-16-20-17(21-23-16)15-9-14(12(4)24-15)19-18(22)13-7-10(2)6-11(3)8-13/h6-9H,5H2,1-4H3,(H,19,22). The van der Waals surface area contributed by atoms with Gasteiger partial charge in [-0.15, -0.1) is 11.3 Å². The first-order valence-electron chi connectivity index (χ1n) is 7.79. The number of nitrogens with zero attached hydrogens (tertiary/aromatic N) is 2. The molecular formula is C18H19N3O2S. The predicted molar refractivity (Wildman–Crippen MR) is 95.6 cm³/mol. The van der Waals surface area contributed by atoms with Crippen LogP contribution in [0.4, 0.5) is 5.69 Å². The highest BCUT2D eigenvalue weighted by molar-refractivity contribution is 7.16. The third-order valence-corrected chi connectivity index (χ3v) is 4.69. The van der Waals surface area contributed by atoms with Gasteiger partial charge in [0.25, 0.3) is 5.91 Å². The van der Waals surface area contributed by atoms with E-state index in [1.165, 1.54) is 11.3 Å². The van der Waals surface area contributed by atoms with Crippen LogP contribution >= 0.6 is 11.3 Å². The molecule has 0 atom stereocenters. The van der Waals surface area contributed by atoms with Crippen LogP contribution in [0.25, 0.3) is 10.7 Å². The molecule has 24 heavy (non-hydrogen) atoms. The maximum Gasteiger partial charge on any atom is 0.255 e. The molecule has 0 aliphatic heterocycles. The third kappa shape index (κ3) is 3.38. The number of hydrogen-bond donors (Lipinski definition) is 1. The monoisotopic (exact) mass is 341 g/mol. The molecule has 0 spiro atoms. The zero-order valence-corrected chi connectivity index (χ0v) is 15.0. The van der Waals surface area contributed by atoms with Gasteiger partial charge in [0, 0.05) is 16.9 Å². The van der Waals surface area contributed by atoms with Crippen LogP contribution in [0.2, 0.25) is 0 Å². The van der Waals surface area contributed by atoms with E-state index in [4.69, 9.17) is 4.52 Å². The lowest BCUT2D eigenvalue weighted by Crippen LogP contribution is -2.12. The molecule has 0 saturated carbocycles. The lowest BCUT2D eigenvalue weighted by Gasteiger charge is -2.06. The average Bonchev–Trinajstić information content (AvgIpc) is 3.13. The van der Waals surface area contributed by atoms with E-state index in [1.807, 2.05) is 52.0 Å². The Balaban J connectivity index is 1.84. The van der Waals surface area contributed by atoms with Gasteiger partial charge in [0.15, 0.2) is 0 Å². The summed E-state index contributed by atoms with van der Waals surface area (Å²) in [6, 6.07) is 7.71. The van der Waals surface area contributed by atoms with Crippen molar-refractivity contribution >= 4 is 22.9 Å². The van der Waals surface area contributed by atoms with E-state index >= 15 is 0 Å². The molecule has 2 aromatic heterocycles. The molecule has 1 N–H and O–H groups in total. The van der Waals surface area contributed by atoms with Crippen molar-refractivity contribution in [3.8, 4) is 10.7 Å². The largest absolute Gasteiger partial charge is 0.339 e. The van der Waals surface area contributed by atoms with Crippen LogP contribution in [0.15, 0.2) is 28.8 Å². The van der Waals surface area contributed by atoms with E-state index in [2.05, 4.69) is 15.5 Å². The Labute approximate surface area is 144 Å². The molecule has 124 valence electrons. The Morgan fingerprint density at radius 3 is 2.50 bits per heavy atom. The number of carbonyl (C=O) groups excluding carboxylic acids is 1. The number of thiophene rings is 1. The molecule has 5 nitrogen and oxygen atoms in total. The second-order valence-corrected chi connectivity index (χ2v) is 7.03. The Kier molecular flexibility index (Phi) is 4.49. The molecule has 0 aliphatic carbocycles. The zero-order valence-electron chi connectivity index (χ0n) is 14.1. The maximum atomic E-state index is 12.5. The summed E-state index contributed by atoms with van der Waals surface area (Å²) in [5.41, 5.74) is 3.58. The van der Waals surface area contributed by atoms with Crippen LogP contribution in [0.3, 0.4) is 0 Å². The highest BCUT2D eigenvalue weighted by atomic mass is 32.1. The number of aryl methyl sites for hydroxylation is 4. The minimum atomic E-state index is -0.114. The zero-order chi connectivity index (χ0) is 17.3. The fourth-order valence-electron chi connectivity index (χ4n) is 2.52. The Hall–Kier alpha value is -2.47. The fourth-order valence-corrected chi connectivity index (χ4v) is 3.42. The lowest BCUT2D eigenvalue weighted by atomic mass is 10.1. The van der Waals surface area contributed by atoms with Gasteiger partial charge in [-0.05, 0) is 39.0 Å². The van der Waals surface area contributed by atoms with Gasteiger partial charge < -0.3 is 9.84 Å². The molecule has 1 aromatic carbocycles. The summed E-state index contributed by atoms with van der Waals surface area (Å²) in [5, 5.41) is 6.96. The number of rotatable bonds is 4. The Morgan fingerprint density at radius 1 is 1.17 bits per heavy atom. The van der Waals surface area contributed by atoms with Crippen molar-refractivity contribution in [2.75, 3.05) is 5.32 Å². The summed E-state index contributed by atoms with van der Waals surface area (Å²) in [7, 11) is 0. The predicted octanol–water partition coefficient (Wildman–Crippen LogP) is 4.54. The first-order chi connectivity index (χ1) is 11.5. The molecule has 0 saturated heterocycles. The molecule has 0 bridgehead atoms. The van der Waals surface area contributed by atoms with Crippen LogP contribution in [0.1, 0.15) is 39.2 Å². The van der Waals surface area contributed by atoms with Crippen LogP contribution in [0.5, 0.6) is 0 Å². The van der Waals surface area contributed by atoms with Gasteiger partial charge in [-0.3, -0.25) is 4.79 Å². The molecular weight excluding hydrogens is 322 g/mol. The average molecular weight is 341 g/mol. The van der Waals surface area contributed by atoms with Crippen molar-refractivity contribution < 1.29 is 9.32 Å². The van der Waals surface area contributed by atoms with Gasteiger partial charge in [-0.25, -0.2) is 0 Å². The van der Waals surface area contributed by atoms with Gasteiger partial charge in [0.1, 0.15) is 0 Å². The van der Waals surface area contributed by atoms with Crippen molar-refractivity contribution in [2.24, 2.45) is 0 Å². The molecule has 0 unspecified atom stereocenters. The smallest absolute Gasteiger partial charge is 0.255 e. The molecule has 1 amide bonds. The quantitative estimate of drug-likeness (QED) is 0.756. The van der Waals surface area contributed by atoms with Crippen LogP contribution in [-0.4, -0.2) is 16.0 Å². The van der Waals surface area contributed by atoms with E-state index in [0.717, 1.165) is 26.6 Å². The van der Waals surface area contributed by atoms with Gasteiger partial charge in [-0.1, -0.05) is 29.3 Å². The summed E-state index contributed by atoms with van der Waals surface area (Å²) in [5.74, 6) is 1.06. The number of benzene rings is 1. The molecule has 3 aromatic rings. The van der Waals surface area contributed by atoms with Crippen LogP contribution < -0.4 is 5.32 Å². The molecule has 2 heterocycles. The first kappa shape index (κ1) is 16.4. The lowest BCUT2D eigenvalue weighted by molar-refractivity contribution is 0.102. The van der Waals surface area contributed by atoms with E-state index in [9.17, 15) is 4.79 Å². The van der Waals surface area contributed by atoms with E-state index in [0.29, 0.717) is 23.7 Å². The SMILES string of the molecule is CCc1nc(-c2cc(NC(=O)c3cc(C)cc(C)c3)c(C)s2)no1. The van der Waals surface area contributed by atoms with Gasteiger partial charge in [0.05, 0.1) is 10.6 Å². The maximum absolute atomic E-state index is 12.5. The number of nitrogens with one attached hydrogen (secondary N) is 1. The summed E-state index contributed by atoms with van der Waals surface area (Å²) in [4.78, 5) is 18.7. The summed E-state index contributed by atoms with van der Waals surface area (Å²) in [6.07, 6.45) is 0.702. The van der Waals surface area contributed by atoms with Crippen molar-refractivity contribution in [3.05, 3.63) is 51.7 Å². The van der Waals surface area contributed by atoms with Crippen LogP contribution in [0, 0.1) is 20.8 Å². The Morgan fingerprint density at radius 2 is 1.88 bits per heavy atom. The first-order valence-corrected chi connectivity index (χ1v) is 8.61. The van der Waals surface area contributed by atoms with E-state index < -0.39 is 0 Å². The van der Waals surface area contributed by atoms with Crippen molar-refractivity contribution in [2.45, 2.75) is 34.1 Å². The molecule has 6 heteroatoms. The number of carbonyl (C=O) groups is 1. The highest BCUT2D eigenvalue weighted by Gasteiger charge is 2.15. The highest BCUT2D eigenvalue weighted by Crippen LogP contribution is 2.33. The van der Waals surface area contributed by atoms with E-state index in [-0.39, 0.29) is 5.91 Å².